The van der Waals surface area contributed by atoms with Crippen LogP contribution >= 0.6 is 0 Å². The molecule has 1 unspecified atom stereocenters. The zero-order valence-electron chi connectivity index (χ0n) is 20.9. The van der Waals surface area contributed by atoms with Crippen LogP contribution in [0.4, 0.5) is 10.1 Å². The Balaban J connectivity index is 1.23. The molecule has 1 aromatic carbocycles. The highest BCUT2D eigenvalue weighted by Crippen LogP contribution is 2.38. The molecule has 37 heavy (non-hydrogen) atoms. The van der Waals surface area contributed by atoms with E-state index in [2.05, 4.69) is 9.88 Å². The van der Waals surface area contributed by atoms with Gasteiger partial charge in [-0.2, -0.15) is 0 Å². The summed E-state index contributed by atoms with van der Waals surface area (Å²) in [5.41, 5.74) is 3.01. The van der Waals surface area contributed by atoms with E-state index in [0.29, 0.717) is 37.4 Å². The van der Waals surface area contributed by atoms with Gasteiger partial charge in [0.25, 0.3) is 0 Å². The normalized spacial score (nSPS) is 20.1. The molecule has 1 saturated heterocycles. The van der Waals surface area contributed by atoms with E-state index in [-0.39, 0.29) is 23.3 Å². The summed E-state index contributed by atoms with van der Waals surface area (Å²) in [5, 5.41) is 9.58. The summed E-state index contributed by atoms with van der Waals surface area (Å²) in [5.74, 6) is -0.997. The number of aromatic carboxylic acids is 1. The molecule has 194 valence electrons. The number of anilines is 1. The molecule has 0 bridgehead atoms. The van der Waals surface area contributed by atoms with Gasteiger partial charge in [0.2, 0.25) is 5.43 Å². The highest BCUT2D eigenvalue weighted by atomic mass is 19.1. The molecule has 10 heteroatoms. The predicted molar refractivity (Wildman–Crippen MR) is 135 cm³/mol. The minimum atomic E-state index is -1.29. The van der Waals surface area contributed by atoms with E-state index in [4.69, 9.17) is 9.47 Å². The maximum atomic E-state index is 15.3. The quantitative estimate of drug-likeness (QED) is 0.560. The Morgan fingerprint density at radius 2 is 1.97 bits per heavy atom. The number of carboxylic acid groups (broad SMARTS) is 1. The van der Waals surface area contributed by atoms with Crippen molar-refractivity contribution in [1.82, 2.24) is 14.5 Å². The van der Waals surface area contributed by atoms with Crippen LogP contribution in [0, 0.1) is 12.7 Å². The van der Waals surface area contributed by atoms with Crippen molar-refractivity contribution < 1.29 is 23.8 Å². The van der Waals surface area contributed by atoms with Gasteiger partial charge in [-0.3, -0.25) is 14.7 Å². The molecule has 0 spiro atoms. The minimum Gasteiger partial charge on any atom is -0.477 e. The standard InChI is InChI=1S/C27H29FN4O5/c1-15-26-21(14-36-16(2)37-26)17(11-29-15)12-30-5-7-31(8-6-30)24-10-23-19(9-22(24)28)25(33)20(27(34)35)13-32(23)18-3-4-18/h9-11,13,16,18H,3-8,12,14H2,1-2H3,(H,34,35). The van der Waals surface area contributed by atoms with Gasteiger partial charge in [0, 0.05) is 62.1 Å². The fourth-order valence-electron chi connectivity index (χ4n) is 5.32. The number of aromatic nitrogens is 2. The molecule has 1 saturated carbocycles. The second-order valence-electron chi connectivity index (χ2n) is 10.1. The summed E-state index contributed by atoms with van der Waals surface area (Å²) >= 11 is 0. The van der Waals surface area contributed by atoms with E-state index in [1.54, 1.807) is 6.07 Å². The van der Waals surface area contributed by atoms with Crippen molar-refractivity contribution in [1.29, 1.82) is 0 Å². The van der Waals surface area contributed by atoms with Gasteiger partial charge >= 0.3 is 5.97 Å². The molecule has 0 amide bonds. The Kier molecular flexibility index (Phi) is 5.88. The number of pyridine rings is 2. The monoisotopic (exact) mass is 508 g/mol. The van der Waals surface area contributed by atoms with Gasteiger partial charge in [0.1, 0.15) is 17.1 Å². The molecule has 3 aromatic rings. The van der Waals surface area contributed by atoms with Crippen LogP contribution in [0.2, 0.25) is 0 Å². The Morgan fingerprint density at radius 3 is 2.68 bits per heavy atom. The third-order valence-electron chi connectivity index (χ3n) is 7.53. The van der Waals surface area contributed by atoms with Crippen LogP contribution in [0.25, 0.3) is 10.9 Å². The summed E-state index contributed by atoms with van der Waals surface area (Å²) in [6.45, 7) is 7.69. The van der Waals surface area contributed by atoms with E-state index >= 15 is 4.39 Å². The second kappa shape index (κ2) is 9.11. The largest absolute Gasteiger partial charge is 0.477 e. The number of hydrogen-bond donors (Lipinski definition) is 1. The highest BCUT2D eigenvalue weighted by molar-refractivity contribution is 5.93. The van der Waals surface area contributed by atoms with E-state index in [0.717, 1.165) is 48.5 Å². The lowest BCUT2D eigenvalue weighted by molar-refractivity contribution is -0.0956. The van der Waals surface area contributed by atoms with Crippen molar-refractivity contribution in [3.05, 3.63) is 63.0 Å². The molecular weight excluding hydrogens is 479 g/mol. The summed E-state index contributed by atoms with van der Waals surface area (Å²) in [6.07, 6.45) is 4.82. The first-order valence-electron chi connectivity index (χ1n) is 12.6. The van der Waals surface area contributed by atoms with Gasteiger partial charge in [-0.15, -0.1) is 0 Å². The predicted octanol–water partition coefficient (Wildman–Crippen LogP) is 3.45. The van der Waals surface area contributed by atoms with Crippen LogP contribution in [-0.4, -0.2) is 58.0 Å². The lowest BCUT2D eigenvalue weighted by atomic mass is 10.1. The van der Waals surface area contributed by atoms with Crippen molar-refractivity contribution in [2.45, 2.75) is 52.2 Å². The lowest BCUT2D eigenvalue weighted by Crippen LogP contribution is -2.46. The molecule has 6 rings (SSSR count). The molecule has 4 heterocycles. The molecular formula is C27H29FN4O5. The number of hydrogen-bond acceptors (Lipinski definition) is 7. The van der Waals surface area contributed by atoms with Gasteiger partial charge in [-0.1, -0.05) is 0 Å². The topological polar surface area (TPSA) is 97.1 Å². The van der Waals surface area contributed by atoms with Crippen LogP contribution < -0.4 is 15.1 Å². The highest BCUT2D eigenvalue weighted by Gasteiger charge is 2.29. The molecule has 3 aliphatic rings. The Morgan fingerprint density at radius 1 is 1.22 bits per heavy atom. The minimum absolute atomic E-state index is 0.113. The first-order chi connectivity index (χ1) is 17.8. The van der Waals surface area contributed by atoms with E-state index in [9.17, 15) is 14.7 Å². The Labute approximate surface area is 213 Å². The van der Waals surface area contributed by atoms with Gasteiger partial charge in [-0.05, 0) is 44.4 Å². The van der Waals surface area contributed by atoms with Crippen molar-refractivity contribution >= 4 is 22.6 Å². The van der Waals surface area contributed by atoms with Crippen LogP contribution in [0.3, 0.4) is 0 Å². The summed E-state index contributed by atoms with van der Waals surface area (Å²) in [4.78, 5) is 33.2. The number of piperazine rings is 1. The average Bonchev–Trinajstić information content (AvgIpc) is 3.72. The molecule has 1 atom stereocenters. The van der Waals surface area contributed by atoms with Crippen LogP contribution in [0.15, 0.2) is 29.3 Å². The maximum Gasteiger partial charge on any atom is 0.341 e. The maximum absolute atomic E-state index is 15.3. The first-order valence-corrected chi connectivity index (χ1v) is 12.6. The number of aryl methyl sites for hydroxylation is 1. The number of ether oxygens (including phenoxy) is 2. The molecule has 2 fully saturated rings. The zero-order chi connectivity index (χ0) is 25.8. The molecule has 1 N–H and O–H groups in total. The molecule has 1 aliphatic carbocycles. The van der Waals surface area contributed by atoms with E-state index in [1.807, 2.05) is 29.5 Å². The number of nitrogens with zero attached hydrogens (tertiary/aromatic N) is 4. The first kappa shape index (κ1) is 23.9. The van der Waals surface area contributed by atoms with Crippen LogP contribution in [0.5, 0.6) is 5.75 Å². The molecule has 9 nitrogen and oxygen atoms in total. The molecule has 0 radical (unpaired) electrons. The Hall–Kier alpha value is -3.50. The number of fused-ring (bicyclic) bond motifs is 2. The van der Waals surface area contributed by atoms with E-state index in [1.165, 1.54) is 12.3 Å². The third-order valence-corrected chi connectivity index (χ3v) is 7.53. The zero-order valence-corrected chi connectivity index (χ0v) is 20.9. The van der Waals surface area contributed by atoms with Gasteiger partial charge in [0.05, 0.1) is 23.5 Å². The number of carboxylic acids is 1. The van der Waals surface area contributed by atoms with Crippen molar-refractivity contribution in [2.75, 3.05) is 31.1 Å². The SMILES string of the molecule is Cc1ncc(CN2CCN(c3cc4c(cc3F)c(=O)c(C(=O)O)cn4C3CC3)CC2)c2c1OC(C)OC2. The number of rotatable bonds is 5. The van der Waals surface area contributed by atoms with Crippen LogP contribution in [0.1, 0.15) is 53.0 Å². The lowest BCUT2D eigenvalue weighted by Gasteiger charge is -2.37. The fourth-order valence-corrected chi connectivity index (χ4v) is 5.32. The summed E-state index contributed by atoms with van der Waals surface area (Å²) in [6, 6.07) is 3.05. The third kappa shape index (κ3) is 4.34. The smallest absolute Gasteiger partial charge is 0.341 e. The average molecular weight is 509 g/mol. The fraction of sp³-hybridized carbons (Fsp3) is 0.444. The van der Waals surface area contributed by atoms with Gasteiger partial charge < -0.3 is 24.0 Å². The van der Waals surface area contributed by atoms with Crippen molar-refractivity contribution in [3.8, 4) is 5.75 Å². The van der Waals surface area contributed by atoms with Gasteiger partial charge in [-0.25, -0.2) is 9.18 Å². The second-order valence-corrected chi connectivity index (χ2v) is 10.1. The van der Waals surface area contributed by atoms with Crippen molar-refractivity contribution in [2.24, 2.45) is 0 Å². The number of carbonyl (C=O) groups is 1. The van der Waals surface area contributed by atoms with Crippen LogP contribution in [-0.2, 0) is 17.9 Å². The summed E-state index contributed by atoms with van der Waals surface area (Å²) < 4.78 is 28.7. The molecule has 2 aliphatic heterocycles. The van der Waals surface area contributed by atoms with E-state index < -0.39 is 17.2 Å². The number of halogens is 1. The molecule has 2 aromatic heterocycles. The number of benzene rings is 1. The van der Waals surface area contributed by atoms with Crippen molar-refractivity contribution in [3.63, 3.8) is 0 Å². The Bertz CT molecular complexity index is 1460. The summed E-state index contributed by atoms with van der Waals surface area (Å²) in [7, 11) is 0. The van der Waals surface area contributed by atoms with Gasteiger partial charge in [0.15, 0.2) is 6.29 Å².